The van der Waals surface area contributed by atoms with Crippen molar-refractivity contribution in [3.05, 3.63) is 77.5 Å². The number of ether oxygens (including phenoxy) is 1. The number of pyridine rings is 1. The van der Waals surface area contributed by atoms with E-state index >= 15 is 0 Å². The molecule has 3 heterocycles. The van der Waals surface area contributed by atoms with Gasteiger partial charge in [-0.05, 0) is 68.8 Å². The van der Waals surface area contributed by atoms with Gasteiger partial charge in [-0.3, -0.25) is 4.68 Å². The highest BCUT2D eigenvalue weighted by atomic mass is 16.5. The lowest BCUT2D eigenvalue weighted by Crippen LogP contribution is -2.33. The topological polar surface area (TPSA) is 92.5 Å². The number of carboxylic acid groups (broad SMARTS) is 1. The maximum atomic E-state index is 12.1. The first kappa shape index (κ1) is 23.8. The van der Waals surface area contributed by atoms with Gasteiger partial charge in [-0.25, -0.2) is 9.78 Å². The molecule has 0 spiro atoms. The molecule has 0 unspecified atom stereocenters. The minimum atomic E-state index is -0.980. The van der Waals surface area contributed by atoms with Crippen molar-refractivity contribution < 1.29 is 14.6 Å². The summed E-state index contributed by atoms with van der Waals surface area (Å²) in [6, 6.07) is 19.1. The van der Waals surface area contributed by atoms with Crippen LogP contribution in [0.25, 0.3) is 11.0 Å². The number of benzene rings is 2. The summed E-state index contributed by atoms with van der Waals surface area (Å²) in [7, 11) is 0. The molecular weight excluding hydrogens is 454 g/mol. The van der Waals surface area contributed by atoms with E-state index < -0.39 is 5.97 Å². The number of fused-ring (bicyclic) bond motifs is 1. The fourth-order valence-electron chi connectivity index (χ4n) is 4.68. The van der Waals surface area contributed by atoms with E-state index in [1.165, 1.54) is 19.3 Å². The van der Waals surface area contributed by atoms with Gasteiger partial charge in [0.25, 0.3) is 0 Å². The molecule has 8 heteroatoms. The van der Waals surface area contributed by atoms with E-state index in [0.717, 1.165) is 42.4 Å². The maximum absolute atomic E-state index is 12.1. The lowest BCUT2D eigenvalue weighted by atomic mass is 10.1. The molecule has 0 atom stereocenters. The van der Waals surface area contributed by atoms with Gasteiger partial charge in [0.1, 0.15) is 17.3 Å². The Hall–Kier alpha value is -3.91. The average molecular weight is 486 g/mol. The Morgan fingerprint density at radius 3 is 2.47 bits per heavy atom. The van der Waals surface area contributed by atoms with Crippen molar-refractivity contribution in [2.75, 3.05) is 31.5 Å². The fraction of sp³-hybridized carbons (Fsp3) is 0.321. The van der Waals surface area contributed by atoms with E-state index in [1.54, 1.807) is 6.07 Å². The smallest absolute Gasteiger partial charge is 0.336 e. The zero-order valence-electron chi connectivity index (χ0n) is 20.5. The molecule has 0 aliphatic carbocycles. The summed E-state index contributed by atoms with van der Waals surface area (Å²) >= 11 is 0. The first-order chi connectivity index (χ1) is 17.6. The molecule has 2 aromatic heterocycles. The molecule has 1 aliphatic rings. The molecule has 8 nitrogen and oxygen atoms in total. The van der Waals surface area contributed by atoms with Crippen LogP contribution in [0.2, 0.25) is 0 Å². The second-order valence-electron chi connectivity index (χ2n) is 9.19. The van der Waals surface area contributed by atoms with Crippen LogP contribution in [0.3, 0.4) is 0 Å². The van der Waals surface area contributed by atoms with Crippen LogP contribution in [0.1, 0.15) is 40.9 Å². The minimum Gasteiger partial charge on any atom is -0.478 e. The highest BCUT2D eigenvalue weighted by molar-refractivity contribution is 6.03. The Labute approximate surface area is 210 Å². The van der Waals surface area contributed by atoms with Crippen molar-refractivity contribution in [2.24, 2.45) is 0 Å². The number of aromatic nitrogens is 3. The van der Waals surface area contributed by atoms with Crippen LogP contribution >= 0.6 is 0 Å². The zero-order chi connectivity index (χ0) is 24.9. The second-order valence-corrected chi connectivity index (χ2v) is 9.19. The van der Waals surface area contributed by atoms with E-state index in [1.807, 2.05) is 66.2 Å². The third-order valence-electron chi connectivity index (χ3n) is 6.61. The quantitative estimate of drug-likeness (QED) is 0.338. The zero-order valence-corrected chi connectivity index (χ0v) is 20.5. The molecule has 0 saturated carbocycles. The molecule has 0 bridgehead atoms. The molecule has 5 rings (SSSR count). The van der Waals surface area contributed by atoms with Gasteiger partial charge in [0.2, 0.25) is 0 Å². The number of hydrogen-bond donors (Lipinski definition) is 2. The number of para-hydroxylation sites is 1. The van der Waals surface area contributed by atoms with E-state index in [-0.39, 0.29) is 5.56 Å². The number of aromatic carboxylic acids is 1. The van der Waals surface area contributed by atoms with Crippen molar-refractivity contribution >= 4 is 22.8 Å². The predicted octanol–water partition coefficient (Wildman–Crippen LogP) is 5.18. The van der Waals surface area contributed by atoms with Crippen LogP contribution in [0.4, 0.5) is 5.82 Å². The van der Waals surface area contributed by atoms with Gasteiger partial charge in [-0.15, -0.1) is 0 Å². The summed E-state index contributed by atoms with van der Waals surface area (Å²) < 4.78 is 7.69. The molecule has 2 aromatic carbocycles. The standard InChI is InChI=1S/C28H31N5O3/c1-20-26-24(28(34)35)18-25(29-14-17-32-15-6-3-7-16-32)30-27(26)31-33(20)19-21-10-12-23(13-11-21)36-22-8-4-2-5-9-22/h2,4-5,8-13,18H,3,6-7,14-17,19H2,1H3,(H,34,35)(H,29,30,31). The molecule has 0 amide bonds. The number of anilines is 1. The van der Waals surface area contributed by atoms with Crippen molar-refractivity contribution in [3.63, 3.8) is 0 Å². The molecular formula is C28H31N5O3. The number of nitrogens with one attached hydrogen (secondary N) is 1. The number of carboxylic acids is 1. The van der Waals surface area contributed by atoms with Crippen LogP contribution in [0, 0.1) is 6.92 Å². The van der Waals surface area contributed by atoms with Crippen LogP contribution < -0.4 is 10.1 Å². The van der Waals surface area contributed by atoms with Crippen LogP contribution in [-0.2, 0) is 6.54 Å². The van der Waals surface area contributed by atoms with E-state index in [9.17, 15) is 9.90 Å². The van der Waals surface area contributed by atoms with Crippen LogP contribution in [0.5, 0.6) is 11.5 Å². The molecule has 2 N–H and O–H groups in total. The van der Waals surface area contributed by atoms with E-state index in [0.29, 0.717) is 29.9 Å². The fourth-order valence-corrected chi connectivity index (χ4v) is 4.68. The second kappa shape index (κ2) is 10.8. The van der Waals surface area contributed by atoms with Gasteiger partial charge in [0.15, 0.2) is 5.65 Å². The van der Waals surface area contributed by atoms with Gasteiger partial charge in [-0.1, -0.05) is 36.8 Å². The van der Waals surface area contributed by atoms with E-state index in [2.05, 4.69) is 20.3 Å². The highest BCUT2D eigenvalue weighted by Gasteiger charge is 2.19. The van der Waals surface area contributed by atoms with Gasteiger partial charge in [0, 0.05) is 18.8 Å². The van der Waals surface area contributed by atoms with Gasteiger partial charge < -0.3 is 20.1 Å². The Morgan fingerprint density at radius 1 is 1.03 bits per heavy atom. The molecule has 0 radical (unpaired) electrons. The first-order valence-corrected chi connectivity index (χ1v) is 12.5. The molecule has 4 aromatic rings. The number of aryl methyl sites for hydroxylation is 1. The molecule has 1 saturated heterocycles. The first-order valence-electron chi connectivity index (χ1n) is 12.5. The minimum absolute atomic E-state index is 0.218. The number of likely N-dealkylation sites (tertiary alicyclic amines) is 1. The Morgan fingerprint density at radius 2 is 1.75 bits per heavy atom. The van der Waals surface area contributed by atoms with Gasteiger partial charge >= 0.3 is 5.97 Å². The molecule has 1 aliphatic heterocycles. The average Bonchev–Trinajstić information content (AvgIpc) is 3.20. The number of carbonyl (C=O) groups is 1. The number of rotatable bonds is 9. The monoisotopic (exact) mass is 485 g/mol. The molecule has 1 fully saturated rings. The predicted molar refractivity (Wildman–Crippen MR) is 140 cm³/mol. The van der Waals surface area contributed by atoms with Crippen molar-refractivity contribution in [2.45, 2.75) is 32.7 Å². The molecule has 186 valence electrons. The number of nitrogens with zero attached hydrogens (tertiary/aromatic N) is 4. The summed E-state index contributed by atoms with van der Waals surface area (Å²) in [6.07, 6.45) is 3.79. The lowest BCUT2D eigenvalue weighted by molar-refractivity contribution is 0.0699. The Bertz CT molecular complexity index is 1330. The summed E-state index contributed by atoms with van der Waals surface area (Å²) in [5.74, 6) is 1.10. The third-order valence-corrected chi connectivity index (χ3v) is 6.61. The maximum Gasteiger partial charge on any atom is 0.336 e. The lowest BCUT2D eigenvalue weighted by Gasteiger charge is -2.26. The number of piperidine rings is 1. The van der Waals surface area contributed by atoms with Crippen LogP contribution in [0.15, 0.2) is 60.7 Å². The van der Waals surface area contributed by atoms with E-state index in [4.69, 9.17) is 4.74 Å². The normalized spacial score (nSPS) is 14.1. The number of hydrogen-bond acceptors (Lipinski definition) is 6. The Balaban J connectivity index is 1.32. The summed E-state index contributed by atoms with van der Waals surface area (Å²) in [5, 5.41) is 18.4. The van der Waals surface area contributed by atoms with Crippen molar-refractivity contribution in [1.29, 1.82) is 0 Å². The highest BCUT2D eigenvalue weighted by Crippen LogP contribution is 2.26. The Kier molecular flexibility index (Phi) is 7.13. The van der Waals surface area contributed by atoms with Crippen molar-refractivity contribution in [1.82, 2.24) is 19.7 Å². The summed E-state index contributed by atoms with van der Waals surface area (Å²) in [6.45, 7) is 6.27. The summed E-state index contributed by atoms with van der Waals surface area (Å²) in [4.78, 5) is 19.2. The van der Waals surface area contributed by atoms with Crippen molar-refractivity contribution in [3.8, 4) is 11.5 Å². The largest absolute Gasteiger partial charge is 0.478 e. The summed E-state index contributed by atoms with van der Waals surface area (Å²) in [5.41, 5.74) is 2.47. The SMILES string of the molecule is Cc1c2c(C(=O)O)cc(NCCN3CCCCC3)nc2nn1Cc1ccc(Oc2ccccc2)cc1. The van der Waals surface area contributed by atoms with Gasteiger partial charge in [-0.2, -0.15) is 5.10 Å². The third kappa shape index (κ3) is 5.49. The van der Waals surface area contributed by atoms with Crippen LogP contribution in [-0.4, -0.2) is 56.9 Å². The van der Waals surface area contributed by atoms with Gasteiger partial charge in [0.05, 0.1) is 17.5 Å². The molecule has 36 heavy (non-hydrogen) atoms.